The van der Waals surface area contributed by atoms with E-state index in [1.165, 1.54) is 0 Å². The van der Waals surface area contributed by atoms with Gasteiger partial charge in [-0.3, -0.25) is 9.59 Å². The monoisotopic (exact) mass is 202 g/mol. The lowest BCUT2D eigenvalue weighted by Gasteiger charge is -2.05. The van der Waals surface area contributed by atoms with Crippen LogP contribution in [0.25, 0.3) is 0 Å². The quantitative estimate of drug-likeness (QED) is 0.550. The number of hydrogen-bond acceptors (Lipinski definition) is 3. The van der Waals surface area contributed by atoms with E-state index < -0.39 is 0 Å². The second-order valence-corrected chi connectivity index (χ2v) is 2.69. The highest BCUT2D eigenvalue weighted by molar-refractivity contribution is 5.81. The summed E-state index contributed by atoms with van der Waals surface area (Å²) < 4.78 is 5.24. The third-order valence-corrected chi connectivity index (χ3v) is 1.71. The molecule has 0 atom stereocenters. The van der Waals surface area contributed by atoms with E-state index in [2.05, 4.69) is 11.8 Å². The maximum absolute atomic E-state index is 10.7. The first-order valence-corrected chi connectivity index (χ1v) is 4.49. The van der Waals surface area contributed by atoms with Gasteiger partial charge in [-0.25, -0.2) is 0 Å². The van der Waals surface area contributed by atoms with Crippen LogP contribution in [0.5, 0.6) is 5.75 Å². The second-order valence-electron chi connectivity index (χ2n) is 2.69. The van der Waals surface area contributed by atoms with Crippen LogP contribution in [0.15, 0.2) is 18.2 Å². The summed E-state index contributed by atoms with van der Waals surface area (Å²) in [4.78, 5) is 20.8. The Kier molecular flexibility index (Phi) is 4.11. The molecule has 76 valence electrons. The zero-order valence-electron chi connectivity index (χ0n) is 8.32. The van der Waals surface area contributed by atoms with Crippen LogP contribution in [0.3, 0.4) is 0 Å². The Labute approximate surface area is 88.1 Å². The number of hydrogen-bond donors (Lipinski definition) is 0. The van der Waals surface area contributed by atoms with Gasteiger partial charge < -0.3 is 4.74 Å². The second kappa shape index (κ2) is 5.61. The molecule has 3 heteroatoms. The summed E-state index contributed by atoms with van der Waals surface area (Å²) in [6, 6.07) is 4.96. The van der Waals surface area contributed by atoms with Gasteiger partial charge in [0.15, 0.2) is 12.6 Å². The van der Waals surface area contributed by atoms with Crippen molar-refractivity contribution in [3.8, 4) is 17.6 Å². The molecule has 0 spiro atoms. The van der Waals surface area contributed by atoms with Crippen molar-refractivity contribution in [2.45, 2.75) is 6.92 Å². The molecule has 0 aromatic heterocycles. The fourth-order valence-corrected chi connectivity index (χ4v) is 1.12. The van der Waals surface area contributed by atoms with Crippen molar-refractivity contribution in [2.24, 2.45) is 0 Å². The number of benzene rings is 1. The summed E-state index contributed by atoms with van der Waals surface area (Å²) in [5.74, 6) is 5.42. The van der Waals surface area contributed by atoms with Crippen molar-refractivity contribution >= 4 is 12.6 Å². The molecule has 3 nitrogen and oxygen atoms in total. The van der Waals surface area contributed by atoms with Gasteiger partial charge in [0.05, 0.1) is 12.2 Å². The van der Waals surface area contributed by atoms with Crippen LogP contribution in [-0.4, -0.2) is 19.2 Å². The van der Waals surface area contributed by atoms with Gasteiger partial charge in [0, 0.05) is 5.56 Å². The smallest absolute Gasteiger partial charge is 0.193 e. The van der Waals surface area contributed by atoms with Crippen molar-refractivity contribution in [1.29, 1.82) is 0 Å². The zero-order chi connectivity index (χ0) is 11.1. The van der Waals surface area contributed by atoms with E-state index in [0.29, 0.717) is 36.1 Å². The maximum Gasteiger partial charge on any atom is 0.193 e. The first kappa shape index (κ1) is 11.0. The summed E-state index contributed by atoms with van der Waals surface area (Å²) in [5, 5.41) is 0. The molecule has 0 radical (unpaired) electrons. The number of aldehydes is 2. The third-order valence-electron chi connectivity index (χ3n) is 1.71. The van der Waals surface area contributed by atoms with Gasteiger partial charge >= 0.3 is 0 Å². The topological polar surface area (TPSA) is 43.4 Å². The number of carbonyl (C=O) groups is 2. The first-order chi connectivity index (χ1) is 7.31. The fraction of sp³-hybridized carbons (Fsp3) is 0.167. The minimum atomic E-state index is 0.439. The lowest BCUT2D eigenvalue weighted by molar-refractivity contribution is -0.103. The Hall–Kier alpha value is -2.08. The van der Waals surface area contributed by atoms with Gasteiger partial charge in [-0.15, -0.1) is 0 Å². The van der Waals surface area contributed by atoms with E-state index >= 15 is 0 Å². The maximum atomic E-state index is 10.7. The largest absolute Gasteiger partial charge is 0.493 e. The molecule has 0 fully saturated rings. The van der Waals surface area contributed by atoms with Crippen LogP contribution in [0.4, 0.5) is 0 Å². The molecule has 0 saturated heterocycles. The highest BCUT2D eigenvalue weighted by Crippen LogP contribution is 2.17. The van der Waals surface area contributed by atoms with E-state index in [9.17, 15) is 9.59 Å². The molecule has 15 heavy (non-hydrogen) atoms. The normalized spacial score (nSPS) is 8.60. The highest BCUT2D eigenvalue weighted by Gasteiger charge is 2.02. The summed E-state index contributed by atoms with van der Waals surface area (Å²) in [6.45, 7) is 2.34. The van der Waals surface area contributed by atoms with Crippen LogP contribution in [0.2, 0.25) is 0 Å². The van der Waals surface area contributed by atoms with Crippen LogP contribution < -0.4 is 4.74 Å². The molecule has 1 aromatic carbocycles. The molecule has 1 aromatic rings. The van der Waals surface area contributed by atoms with Crippen LogP contribution >= 0.6 is 0 Å². The molecular weight excluding hydrogens is 192 g/mol. The molecule has 0 bridgehead atoms. The average molecular weight is 202 g/mol. The SMILES string of the molecule is CCOc1ccc(C#CC=O)cc1C=O. The standard InChI is InChI=1S/C12H10O3/c1-2-15-12-6-5-10(4-3-7-13)8-11(12)9-14/h5-9H,2H2,1H3. The van der Waals surface area contributed by atoms with Gasteiger partial charge in [0.25, 0.3) is 0 Å². The predicted molar refractivity (Wildman–Crippen MR) is 55.9 cm³/mol. The Morgan fingerprint density at radius 1 is 1.40 bits per heavy atom. The van der Waals surface area contributed by atoms with Gasteiger partial charge in [-0.2, -0.15) is 0 Å². The van der Waals surface area contributed by atoms with E-state index in [-0.39, 0.29) is 0 Å². The molecule has 0 unspecified atom stereocenters. The minimum Gasteiger partial charge on any atom is -0.493 e. The van der Waals surface area contributed by atoms with E-state index in [0.717, 1.165) is 0 Å². The van der Waals surface area contributed by atoms with Crippen molar-refractivity contribution in [3.05, 3.63) is 29.3 Å². The fourth-order valence-electron chi connectivity index (χ4n) is 1.12. The highest BCUT2D eigenvalue weighted by atomic mass is 16.5. The van der Waals surface area contributed by atoms with Crippen molar-refractivity contribution in [1.82, 2.24) is 0 Å². The zero-order valence-corrected chi connectivity index (χ0v) is 8.32. The van der Waals surface area contributed by atoms with E-state index in [4.69, 9.17) is 4.74 Å². The van der Waals surface area contributed by atoms with Crippen LogP contribution in [0, 0.1) is 11.8 Å². The summed E-state index contributed by atoms with van der Waals surface area (Å²) in [5.41, 5.74) is 1.06. The van der Waals surface area contributed by atoms with Crippen LogP contribution in [-0.2, 0) is 4.79 Å². The van der Waals surface area contributed by atoms with Gasteiger partial charge in [-0.05, 0) is 31.0 Å². The molecule has 0 saturated carbocycles. The summed E-state index contributed by atoms with van der Waals surface area (Å²) >= 11 is 0. The molecule has 0 aliphatic rings. The van der Waals surface area contributed by atoms with E-state index in [1.807, 2.05) is 6.92 Å². The number of carbonyl (C=O) groups excluding carboxylic acids is 2. The lowest BCUT2D eigenvalue weighted by atomic mass is 10.1. The van der Waals surface area contributed by atoms with Gasteiger partial charge in [0.2, 0.25) is 0 Å². The lowest BCUT2D eigenvalue weighted by Crippen LogP contribution is -1.96. The molecule has 0 aliphatic carbocycles. The minimum absolute atomic E-state index is 0.439. The number of rotatable bonds is 3. The number of ether oxygens (including phenoxy) is 1. The molecule has 0 N–H and O–H groups in total. The first-order valence-electron chi connectivity index (χ1n) is 4.49. The molecule has 0 heterocycles. The summed E-state index contributed by atoms with van der Waals surface area (Å²) in [7, 11) is 0. The van der Waals surface area contributed by atoms with E-state index in [1.54, 1.807) is 18.2 Å². The van der Waals surface area contributed by atoms with Crippen molar-refractivity contribution < 1.29 is 14.3 Å². The van der Waals surface area contributed by atoms with Crippen molar-refractivity contribution in [2.75, 3.05) is 6.61 Å². The van der Waals surface area contributed by atoms with Crippen molar-refractivity contribution in [3.63, 3.8) is 0 Å². The van der Waals surface area contributed by atoms with Gasteiger partial charge in [-0.1, -0.05) is 5.92 Å². The molecule has 0 amide bonds. The Morgan fingerprint density at radius 3 is 2.80 bits per heavy atom. The van der Waals surface area contributed by atoms with Gasteiger partial charge in [0.1, 0.15) is 5.75 Å². The molecule has 1 rings (SSSR count). The molecule has 0 aliphatic heterocycles. The third kappa shape index (κ3) is 2.96. The Bertz CT molecular complexity index is 424. The Morgan fingerprint density at radius 2 is 2.20 bits per heavy atom. The Balaban J connectivity index is 3.06. The molecular formula is C12H10O3. The predicted octanol–water partition coefficient (Wildman–Crippen LogP) is 1.45. The van der Waals surface area contributed by atoms with Crippen LogP contribution in [0.1, 0.15) is 22.8 Å². The summed E-state index contributed by atoms with van der Waals surface area (Å²) in [6.07, 6.45) is 1.22. The average Bonchev–Trinajstić information content (AvgIpc) is 2.28.